The fraction of sp³-hybridized carbons (Fsp3) is 0.486. The Morgan fingerprint density at radius 3 is 2.47 bits per heavy atom. The molecule has 0 aromatic heterocycles. The minimum absolute atomic E-state index is 0.00592. The highest BCUT2D eigenvalue weighted by Crippen LogP contribution is 2.38. The first-order chi connectivity index (χ1) is 20.7. The van der Waals surface area contributed by atoms with Crippen LogP contribution >= 0.6 is 23.2 Å². The number of likely N-dealkylation sites (tertiary alicyclic amines) is 1. The lowest BCUT2D eigenvalue weighted by molar-refractivity contribution is -0.148. The van der Waals surface area contributed by atoms with Crippen LogP contribution in [-0.4, -0.2) is 85.4 Å². The van der Waals surface area contributed by atoms with E-state index in [1.54, 1.807) is 4.90 Å². The van der Waals surface area contributed by atoms with Gasteiger partial charge in [-0.05, 0) is 92.7 Å². The van der Waals surface area contributed by atoms with Crippen molar-refractivity contribution in [3.05, 3.63) is 81.8 Å². The normalized spacial score (nSPS) is 19.6. The summed E-state index contributed by atoms with van der Waals surface area (Å²) >= 11 is 12.8. The molecule has 2 aliphatic rings. The molecule has 3 aromatic carbocycles. The van der Waals surface area contributed by atoms with E-state index in [1.165, 1.54) is 6.42 Å². The topological polar surface area (TPSA) is 55.9 Å². The number of nitrogens with zero attached hydrogens (tertiary/aromatic N) is 3. The zero-order chi connectivity index (χ0) is 30.6. The van der Waals surface area contributed by atoms with Crippen LogP contribution in [0.25, 0.3) is 10.8 Å². The van der Waals surface area contributed by atoms with Crippen LogP contribution in [0.5, 0.6) is 0 Å². The van der Waals surface area contributed by atoms with E-state index in [1.807, 2.05) is 86.7 Å². The van der Waals surface area contributed by atoms with Gasteiger partial charge < -0.3 is 15.1 Å². The minimum atomic E-state index is -0.458. The van der Waals surface area contributed by atoms with Gasteiger partial charge in [-0.25, -0.2) is 0 Å². The SMILES string of the molecule is CN(C)C(=O)C1(N2CCCCC2CCC(CN(C)C(=O)c2cccc3ccccc23)c2ccc(Cl)c(Cl)c2)CCNCC1. The molecule has 2 amide bonds. The van der Waals surface area contributed by atoms with Gasteiger partial charge in [0.2, 0.25) is 5.91 Å². The van der Waals surface area contributed by atoms with E-state index in [-0.39, 0.29) is 17.7 Å². The van der Waals surface area contributed by atoms with Gasteiger partial charge in [0.25, 0.3) is 5.91 Å². The van der Waals surface area contributed by atoms with E-state index < -0.39 is 5.54 Å². The van der Waals surface area contributed by atoms with Crippen LogP contribution in [0.2, 0.25) is 10.0 Å². The first kappa shape index (κ1) is 31.8. The summed E-state index contributed by atoms with van der Waals surface area (Å²) in [6, 6.07) is 20.1. The van der Waals surface area contributed by atoms with Crippen molar-refractivity contribution in [2.75, 3.05) is 47.3 Å². The minimum Gasteiger partial charge on any atom is -0.347 e. The van der Waals surface area contributed by atoms with E-state index in [0.717, 1.165) is 74.5 Å². The van der Waals surface area contributed by atoms with Crippen molar-refractivity contribution in [1.82, 2.24) is 20.0 Å². The predicted molar refractivity (Wildman–Crippen MR) is 177 cm³/mol. The van der Waals surface area contributed by atoms with Gasteiger partial charge in [0.15, 0.2) is 0 Å². The fourth-order valence-corrected chi connectivity index (χ4v) is 7.61. The largest absolute Gasteiger partial charge is 0.347 e. The number of likely N-dealkylation sites (N-methyl/N-ethyl adjacent to an activating group) is 2. The number of piperidine rings is 2. The Balaban J connectivity index is 1.40. The Morgan fingerprint density at radius 2 is 1.72 bits per heavy atom. The Hall–Kier alpha value is -2.64. The number of hydrogen-bond acceptors (Lipinski definition) is 4. The molecule has 3 aromatic rings. The number of benzene rings is 3. The van der Waals surface area contributed by atoms with Crippen LogP contribution in [0, 0.1) is 0 Å². The molecule has 1 N–H and O–H groups in total. The summed E-state index contributed by atoms with van der Waals surface area (Å²) in [5, 5.41) is 6.53. The molecule has 0 bridgehead atoms. The molecule has 0 spiro atoms. The van der Waals surface area contributed by atoms with Crippen LogP contribution in [0.1, 0.15) is 66.8 Å². The highest BCUT2D eigenvalue weighted by atomic mass is 35.5. The molecular formula is C35H44Cl2N4O2. The first-order valence-corrected chi connectivity index (χ1v) is 16.3. The number of carbonyl (C=O) groups is 2. The number of halogens is 2. The molecule has 0 saturated carbocycles. The average Bonchev–Trinajstić information content (AvgIpc) is 3.03. The van der Waals surface area contributed by atoms with Crippen molar-refractivity contribution in [3.63, 3.8) is 0 Å². The second-order valence-corrected chi connectivity index (χ2v) is 13.3. The van der Waals surface area contributed by atoms with Crippen LogP contribution in [-0.2, 0) is 4.79 Å². The third kappa shape index (κ3) is 6.88. The maximum atomic E-state index is 13.8. The summed E-state index contributed by atoms with van der Waals surface area (Å²) in [4.78, 5) is 33.7. The third-order valence-corrected chi connectivity index (χ3v) is 10.3. The third-order valence-electron chi connectivity index (χ3n) is 9.54. The standard InChI is InChI=1S/C35H44Cl2N4O2/c1-39(2)34(43)35(18-20-38-21-19-35)41-22-7-6-11-28(41)16-14-27(26-15-17-31(36)32(37)23-26)24-40(3)33(42)30-13-8-10-25-9-4-5-12-29(25)30/h4-5,8-10,12-13,15,17,23,27-28,38H,6-7,11,14,16,18-22,24H2,1-3H3. The smallest absolute Gasteiger partial charge is 0.254 e. The van der Waals surface area contributed by atoms with Crippen molar-refractivity contribution in [2.24, 2.45) is 0 Å². The summed E-state index contributed by atoms with van der Waals surface area (Å²) < 4.78 is 0. The highest BCUT2D eigenvalue weighted by molar-refractivity contribution is 6.42. The van der Waals surface area contributed by atoms with E-state index in [0.29, 0.717) is 28.2 Å². The fourth-order valence-electron chi connectivity index (χ4n) is 7.30. The molecule has 2 saturated heterocycles. The first-order valence-electron chi connectivity index (χ1n) is 15.6. The molecule has 2 unspecified atom stereocenters. The van der Waals surface area contributed by atoms with E-state index >= 15 is 0 Å². The van der Waals surface area contributed by atoms with Gasteiger partial charge in [-0.15, -0.1) is 0 Å². The van der Waals surface area contributed by atoms with Crippen molar-refractivity contribution >= 4 is 45.8 Å². The van der Waals surface area contributed by atoms with Gasteiger partial charge in [-0.3, -0.25) is 14.5 Å². The molecular weight excluding hydrogens is 579 g/mol. The van der Waals surface area contributed by atoms with Crippen LogP contribution in [0.15, 0.2) is 60.7 Å². The summed E-state index contributed by atoms with van der Waals surface area (Å²) in [5.41, 5.74) is 1.33. The van der Waals surface area contributed by atoms with Crippen molar-refractivity contribution in [1.29, 1.82) is 0 Å². The zero-order valence-corrected chi connectivity index (χ0v) is 27.1. The van der Waals surface area contributed by atoms with Gasteiger partial charge >= 0.3 is 0 Å². The number of nitrogens with one attached hydrogen (secondary N) is 1. The van der Waals surface area contributed by atoms with Crippen LogP contribution in [0.4, 0.5) is 0 Å². The molecule has 43 heavy (non-hydrogen) atoms. The van der Waals surface area contributed by atoms with Crippen molar-refractivity contribution in [3.8, 4) is 0 Å². The van der Waals surface area contributed by atoms with E-state index in [9.17, 15) is 9.59 Å². The quantitative estimate of drug-likeness (QED) is 0.284. The Kier molecular flexibility index (Phi) is 10.3. The Bertz CT molecular complexity index is 1430. The second-order valence-electron chi connectivity index (χ2n) is 12.5. The van der Waals surface area contributed by atoms with Gasteiger partial charge in [0.1, 0.15) is 5.54 Å². The predicted octanol–water partition coefficient (Wildman–Crippen LogP) is 6.85. The molecule has 6 nitrogen and oxygen atoms in total. The van der Waals surface area contributed by atoms with Gasteiger partial charge in [0, 0.05) is 45.2 Å². The summed E-state index contributed by atoms with van der Waals surface area (Å²) in [6.07, 6.45) is 6.84. The molecule has 230 valence electrons. The molecule has 2 heterocycles. The summed E-state index contributed by atoms with van der Waals surface area (Å²) in [7, 11) is 5.66. The number of fused-ring (bicyclic) bond motifs is 1. The molecule has 5 rings (SSSR count). The molecule has 8 heteroatoms. The van der Waals surface area contributed by atoms with E-state index in [2.05, 4.69) is 10.2 Å². The summed E-state index contributed by atoms with van der Waals surface area (Å²) in [5.74, 6) is 0.296. The van der Waals surface area contributed by atoms with Crippen LogP contribution < -0.4 is 5.32 Å². The molecule has 2 aliphatic heterocycles. The molecule has 2 atom stereocenters. The zero-order valence-electron chi connectivity index (χ0n) is 25.6. The monoisotopic (exact) mass is 622 g/mol. The number of hydrogen-bond donors (Lipinski definition) is 1. The lowest BCUT2D eigenvalue weighted by Gasteiger charge is -2.51. The maximum Gasteiger partial charge on any atom is 0.254 e. The number of rotatable bonds is 9. The van der Waals surface area contributed by atoms with Crippen molar-refractivity contribution in [2.45, 2.75) is 62.4 Å². The lowest BCUT2D eigenvalue weighted by atomic mass is 9.80. The van der Waals surface area contributed by atoms with Gasteiger partial charge in [0.05, 0.1) is 10.0 Å². The lowest BCUT2D eigenvalue weighted by Crippen LogP contribution is -2.66. The molecule has 0 aliphatic carbocycles. The number of carbonyl (C=O) groups excluding carboxylic acids is 2. The molecule has 0 radical (unpaired) electrons. The molecule has 2 fully saturated rings. The van der Waals surface area contributed by atoms with Gasteiger partial charge in [-0.2, -0.15) is 0 Å². The summed E-state index contributed by atoms with van der Waals surface area (Å²) in [6.45, 7) is 3.21. The van der Waals surface area contributed by atoms with Crippen molar-refractivity contribution < 1.29 is 9.59 Å². The van der Waals surface area contributed by atoms with E-state index in [4.69, 9.17) is 23.2 Å². The number of amides is 2. The maximum absolute atomic E-state index is 13.8. The van der Waals surface area contributed by atoms with Crippen LogP contribution in [0.3, 0.4) is 0 Å². The second kappa shape index (κ2) is 14.0. The highest BCUT2D eigenvalue weighted by Gasteiger charge is 2.48. The average molecular weight is 624 g/mol. The van der Waals surface area contributed by atoms with Gasteiger partial charge in [-0.1, -0.05) is 72.1 Å². The Morgan fingerprint density at radius 1 is 0.977 bits per heavy atom. The Labute approximate surface area is 266 Å².